The molecule has 0 fully saturated rings. The van der Waals surface area contributed by atoms with E-state index in [9.17, 15) is 0 Å². The van der Waals surface area contributed by atoms with E-state index < -0.39 is 0 Å². The summed E-state index contributed by atoms with van der Waals surface area (Å²) in [7, 11) is 0. The summed E-state index contributed by atoms with van der Waals surface area (Å²) in [5.41, 5.74) is 2.28. The van der Waals surface area contributed by atoms with Crippen LogP contribution < -0.4 is 0 Å². The lowest BCUT2D eigenvalue weighted by Crippen LogP contribution is -1.89. The third-order valence-electron chi connectivity index (χ3n) is 2.53. The lowest BCUT2D eigenvalue weighted by Gasteiger charge is -1.99. The van der Waals surface area contributed by atoms with Crippen LogP contribution in [0.25, 0.3) is 22.5 Å². The Bertz CT molecular complexity index is 690. The van der Waals surface area contributed by atoms with Gasteiger partial charge in [-0.2, -0.15) is 4.98 Å². The minimum atomic E-state index is -0.288. The van der Waals surface area contributed by atoms with E-state index in [1.54, 1.807) is 19.3 Å². The molecule has 0 saturated heterocycles. The van der Waals surface area contributed by atoms with Crippen molar-refractivity contribution in [3.05, 3.63) is 36.4 Å². The number of fused-ring (bicyclic) bond motifs is 1. The Hall–Kier alpha value is -2.01. The van der Waals surface area contributed by atoms with Crippen LogP contribution in [0.3, 0.4) is 0 Å². The van der Waals surface area contributed by atoms with E-state index in [0.717, 1.165) is 16.6 Å². The Morgan fingerprint density at radius 1 is 1.22 bits per heavy atom. The molecule has 0 aliphatic carbocycles. The smallest absolute Gasteiger partial charge is 0.260 e. The number of hydrogen-bond donors (Lipinski definition) is 0. The first kappa shape index (κ1) is 11.1. The maximum atomic E-state index is 5.91. The SMILES string of the molecule is CC(Cl)c1noc(-c2cccc3nccnc23)n1. The molecule has 5 nitrogen and oxygen atoms in total. The molecule has 2 aromatic heterocycles. The van der Waals surface area contributed by atoms with Gasteiger partial charge in [-0.05, 0) is 19.1 Å². The summed E-state index contributed by atoms with van der Waals surface area (Å²) >= 11 is 5.91. The predicted molar refractivity (Wildman–Crippen MR) is 67.1 cm³/mol. The van der Waals surface area contributed by atoms with Crippen molar-refractivity contribution in [2.75, 3.05) is 0 Å². The van der Waals surface area contributed by atoms with Gasteiger partial charge in [-0.15, -0.1) is 11.6 Å². The molecule has 1 atom stereocenters. The Kier molecular flexibility index (Phi) is 2.68. The number of hydrogen-bond acceptors (Lipinski definition) is 5. The quantitative estimate of drug-likeness (QED) is 0.663. The van der Waals surface area contributed by atoms with Crippen LogP contribution >= 0.6 is 11.6 Å². The third-order valence-corrected chi connectivity index (χ3v) is 2.72. The fourth-order valence-corrected chi connectivity index (χ4v) is 1.76. The minimum Gasteiger partial charge on any atom is -0.334 e. The fraction of sp³-hybridized carbons (Fsp3) is 0.167. The molecule has 0 N–H and O–H groups in total. The van der Waals surface area contributed by atoms with Gasteiger partial charge in [0.1, 0.15) is 5.52 Å². The first-order valence-electron chi connectivity index (χ1n) is 5.43. The van der Waals surface area contributed by atoms with Crippen LogP contribution in [0, 0.1) is 0 Å². The van der Waals surface area contributed by atoms with Gasteiger partial charge in [0.15, 0.2) is 5.82 Å². The van der Waals surface area contributed by atoms with Crippen LogP contribution in [0.5, 0.6) is 0 Å². The summed E-state index contributed by atoms with van der Waals surface area (Å²) in [4.78, 5) is 12.8. The van der Waals surface area contributed by atoms with Crippen LogP contribution in [-0.2, 0) is 0 Å². The molecule has 0 aliphatic rings. The number of benzene rings is 1. The van der Waals surface area contributed by atoms with Gasteiger partial charge in [0.05, 0.1) is 16.5 Å². The van der Waals surface area contributed by atoms with Gasteiger partial charge >= 0.3 is 0 Å². The number of para-hydroxylation sites is 1. The molecule has 1 aromatic carbocycles. The van der Waals surface area contributed by atoms with Crippen LogP contribution in [0.4, 0.5) is 0 Å². The molecular weight excluding hydrogens is 252 g/mol. The molecule has 3 aromatic rings. The van der Waals surface area contributed by atoms with Gasteiger partial charge < -0.3 is 4.52 Å². The zero-order chi connectivity index (χ0) is 12.5. The highest BCUT2D eigenvalue weighted by Gasteiger charge is 2.15. The predicted octanol–water partition coefficient (Wildman–Crippen LogP) is 2.98. The lowest BCUT2D eigenvalue weighted by molar-refractivity contribution is 0.423. The number of alkyl halides is 1. The highest BCUT2D eigenvalue weighted by Crippen LogP contribution is 2.26. The molecule has 0 spiro atoms. The highest BCUT2D eigenvalue weighted by atomic mass is 35.5. The van der Waals surface area contributed by atoms with Gasteiger partial charge in [-0.1, -0.05) is 11.2 Å². The summed E-state index contributed by atoms with van der Waals surface area (Å²) in [6, 6.07) is 5.63. The number of rotatable bonds is 2. The molecule has 0 saturated carbocycles. The maximum Gasteiger partial charge on any atom is 0.260 e. The molecule has 3 rings (SSSR count). The first-order chi connectivity index (χ1) is 8.75. The zero-order valence-electron chi connectivity index (χ0n) is 9.54. The fourth-order valence-electron chi connectivity index (χ4n) is 1.67. The molecule has 0 aliphatic heterocycles. The van der Waals surface area contributed by atoms with Gasteiger partial charge in [0.2, 0.25) is 0 Å². The van der Waals surface area contributed by atoms with Crippen molar-refractivity contribution in [1.29, 1.82) is 0 Å². The molecule has 90 valence electrons. The topological polar surface area (TPSA) is 64.7 Å². The Morgan fingerprint density at radius 3 is 2.83 bits per heavy atom. The Morgan fingerprint density at radius 2 is 2.06 bits per heavy atom. The van der Waals surface area contributed by atoms with E-state index >= 15 is 0 Å². The number of halogens is 1. The van der Waals surface area contributed by atoms with Gasteiger partial charge in [0.25, 0.3) is 5.89 Å². The Balaban J connectivity index is 2.18. The van der Waals surface area contributed by atoms with E-state index in [1.807, 2.05) is 18.2 Å². The molecule has 0 amide bonds. The molecular formula is C12H9ClN4O. The van der Waals surface area contributed by atoms with Crippen molar-refractivity contribution in [3.63, 3.8) is 0 Å². The van der Waals surface area contributed by atoms with E-state index in [1.165, 1.54) is 0 Å². The minimum absolute atomic E-state index is 0.288. The molecule has 6 heteroatoms. The van der Waals surface area contributed by atoms with E-state index in [-0.39, 0.29) is 5.38 Å². The second kappa shape index (κ2) is 4.34. The zero-order valence-corrected chi connectivity index (χ0v) is 10.3. The second-order valence-corrected chi connectivity index (χ2v) is 4.46. The average Bonchev–Trinajstić information content (AvgIpc) is 2.87. The Labute approximate surface area is 108 Å². The highest BCUT2D eigenvalue weighted by molar-refractivity contribution is 6.20. The first-order valence-corrected chi connectivity index (χ1v) is 5.87. The van der Waals surface area contributed by atoms with Crippen molar-refractivity contribution >= 4 is 22.6 Å². The van der Waals surface area contributed by atoms with Crippen molar-refractivity contribution in [3.8, 4) is 11.5 Å². The van der Waals surface area contributed by atoms with Gasteiger partial charge in [-0.25, -0.2) is 0 Å². The second-order valence-electron chi connectivity index (χ2n) is 3.80. The molecule has 1 unspecified atom stereocenters. The largest absolute Gasteiger partial charge is 0.334 e. The van der Waals surface area contributed by atoms with Crippen molar-refractivity contribution in [2.24, 2.45) is 0 Å². The van der Waals surface area contributed by atoms with Crippen LogP contribution in [-0.4, -0.2) is 20.1 Å². The summed E-state index contributed by atoms with van der Waals surface area (Å²) in [5.74, 6) is 0.871. The van der Waals surface area contributed by atoms with Crippen molar-refractivity contribution < 1.29 is 4.52 Å². The monoisotopic (exact) mass is 260 g/mol. The average molecular weight is 261 g/mol. The summed E-state index contributed by atoms with van der Waals surface area (Å²) < 4.78 is 5.21. The van der Waals surface area contributed by atoms with Crippen LogP contribution in [0.2, 0.25) is 0 Å². The lowest BCUT2D eigenvalue weighted by atomic mass is 10.2. The number of nitrogens with zero attached hydrogens (tertiary/aromatic N) is 4. The standard InChI is InChI=1S/C12H9ClN4O/c1-7(13)11-16-12(18-17-11)8-3-2-4-9-10(8)15-6-5-14-9/h2-7H,1H3. The van der Waals surface area contributed by atoms with Gasteiger partial charge in [-0.3, -0.25) is 9.97 Å². The summed E-state index contributed by atoms with van der Waals surface area (Å²) in [6.45, 7) is 1.79. The molecule has 2 heterocycles. The van der Waals surface area contributed by atoms with Crippen LogP contribution in [0.1, 0.15) is 18.1 Å². The molecule has 18 heavy (non-hydrogen) atoms. The summed E-state index contributed by atoms with van der Waals surface area (Å²) in [5, 5.41) is 3.54. The maximum absolute atomic E-state index is 5.91. The van der Waals surface area contributed by atoms with Crippen molar-refractivity contribution in [1.82, 2.24) is 20.1 Å². The molecule has 0 radical (unpaired) electrons. The summed E-state index contributed by atoms with van der Waals surface area (Å²) in [6.07, 6.45) is 3.28. The molecule has 0 bridgehead atoms. The number of aromatic nitrogens is 4. The van der Waals surface area contributed by atoms with Crippen molar-refractivity contribution in [2.45, 2.75) is 12.3 Å². The van der Waals surface area contributed by atoms with E-state index in [0.29, 0.717) is 11.7 Å². The van der Waals surface area contributed by atoms with E-state index in [2.05, 4.69) is 20.1 Å². The van der Waals surface area contributed by atoms with Crippen LogP contribution in [0.15, 0.2) is 35.1 Å². The van der Waals surface area contributed by atoms with E-state index in [4.69, 9.17) is 16.1 Å². The third kappa shape index (κ3) is 1.82. The van der Waals surface area contributed by atoms with Gasteiger partial charge in [0, 0.05) is 12.4 Å². The normalized spacial score (nSPS) is 12.8.